The normalized spacial score (nSPS) is 20.2. The van der Waals surface area contributed by atoms with Gasteiger partial charge in [0.1, 0.15) is 17.1 Å². The van der Waals surface area contributed by atoms with Crippen LogP contribution in [0.4, 0.5) is 13.2 Å². The van der Waals surface area contributed by atoms with Crippen molar-refractivity contribution in [3.8, 4) is 11.5 Å². The average Bonchev–Trinajstić information content (AvgIpc) is 2.72. The molecule has 1 heterocycles. The molecule has 30 heavy (non-hydrogen) atoms. The largest absolute Gasteiger partial charge is 0.487 e. The van der Waals surface area contributed by atoms with Crippen molar-refractivity contribution in [2.45, 2.75) is 56.3 Å². The van der Waals surface area contributed by atoms with Crippen molar-refractivity contribution in [2.75, 3.05) is 6.61 Å². The van der Waals surface area contributed by atoms with Gasteiger partial charge in [0.25, 0.3) is 5.91 Å². The van der Waals surface area contributed by atoms with Crippen LogP contribution in [0.3, 0.4) is 0 Å². The van der Waals surface area contributed by atoms with E-state index in [2.05, 4.69) is 5.32 Å². The number of alkyl halides is 3. The molecule has 0 unspecified atom stereocenters. The molecular formula is C23H24F3NO3. The minimum Gasteiger partial charge on any atom is -0.487 e. The van der Waals surface area contributed by atoms with Gasteiger partial charge in [0, 0.05) is 12.0 Å². The molecule has 7 heteroatoms. The molecule has 1 saturated carbocycles. The number of amides is 1. The van der Waals surface area contributed by atoms with Crippen LogP contribution in [0, 0.1) is 0 Å². The Hall–Kier alpha value is -2.70. The first-order valence-corrected chi connectivity index (χ1v) is 10.2. The number of benzene rings is 2. The number of nitrogens with one attached hydrogen (secondary N) is 1. The number of hydrogen-bond acceptors (Lipinski definition) is 3. The smallest absolute Gasteiger partial charge is 0.416 e. The van der Waals surface area contributed by atoms with Gasteiger partial charge in [0.05, 0.1) is 11.6 Å². The molecule has 0 saturated heterocycles. The minimum absolute atomic E-state index is 0.0103. The lowest BCUT2D eigenvalue weighted by molar-refractivity contribution is -0.137. The Labute approximate surface area is 173 Å². The standard InChI is InChI=1S/C23H24F3NO3/c24-23(25,26)16-7-6-8-17(13-16)29-15-21(28)27-19-14-22(11-4-1-5-12-22)30-20-10-3-2-9-18(19)20/h2-3,6-10,13,19H,1,4-5,11-12,14-15H2,(H,27,28)/t19-/m0/s1. The number of carbonyl (C=O) groups is 1. The van der Waals surface area contributed by atoms with Gasteiger partial charge >= 0.3 is 6.18 Å². The summed E-state index contributed by atoms with van der Waals surface area (Å²) in [6, 6.07) is 12.0. The Kier molecular flexibility index (Phi) is 5.62. The SMILES string of the molecule is O=C(COc1cccc(C(F)(F)F)c1)N[C@H]1CC2(CCCCC2)Oc2ccccc21. The first-order chi connectivity index (χ1) is 14.3. The van der Waals surface area contributed by atoms with Gasteiger partial charge in [-0.3, -0.25) is 4.79 Å². The highest BCUT2D eigenvalue weighted by Crippen LogP contribution is 2.46. The third-order valence-electron chi connectivity index (χ3n) is 5.83. The lowest BCUT2D eigenvalue weighted by Gasteiger charge is -2.44. The van der Waals surface area contributed by atoms with Crippen LogP contribution in [0.15, 0.2) is 48.5 Å². The van der Waals surface area contributed by atoms with Crippen LogP contribution in [0.25, 0.3) is 0 Å². The fourth-order valence-corrected chi connectivity index (χ4v) is 4.40. The number of carbonyl (C=O) groups excluding carboxylic acids is 1. The van der Waals surface area contributed by atoms with Crippen LogP contribution in [-0.2, 0) is 11.0 Å². The molecule has 1 aliphatic heterocycles. The Bertz CT molecular complexity index is 907. The summed E-state index contributed by atoms with van der Waals surface area (Å²) in [6.45, 7) is -0.353. The maximum atomic E-state index is 12.8. The fourth-order valence-electron chi connectivity index (χ4n) is 4.40. The zero-order chi connectivity index (χ0) is 21.2. The van der Waals surface area contributed by atoms with Crippen molar-refractivity contribution in [3.63, 3.8) is 0 Å². The van der Waals surface area contributed by atoms with Crippen LogP contribution in [0.5, 0.6) is 11.5 Å². The second-order valence-electron chi connectivity index (χ2n) is 8.02. The maximum Gasteiger partial charge on any atom is 0.416 e. The van der Waals surface area contributed by atoms with Gasteiger partial charge in [-0.25, -0.2) is 0 Å². The van der Waals surface area contributed by atoms with E-state index in [4.69, 9.17) is 9.47 Å². The molecule has 4 rings (SSSR count). The maximum absolute atomic E-state index is 12.8. The van der Waals surface area contributed by atoms with Gasteiger partial charge < -0.3 is 14.8 Å². The molecule has 0 radical (unpaired) electrons. The van der Waals surface area contributed by atoms with E-state index in [-0.39, 0.29) is 29.9 Å². The van der Waals surface area contributed by atoms with Gasteiger partial charge in [-0.05, 0) is 49.9 Å². The minimum atomic E-state index is -4.46. The molecule has 4 nitrogen and oxygen atoms in total. The summed E-state index contributed by atoms with van der Waals surface area (Å²) in [5, 5.41) is 3.00. The van der Waals surface area contributed by atoms with Crippen molar-refractivity contribution in [3.05, 3.63) is 59.7 Å². The molecular weight excluding hydrogens is 395 g/mol. The average molecular weight is 419 g/mol. The molecule has 1 amide bonds. The van der Waals surface area contributed by atoms with E-state index in [1.165, 1.54) is 18.6 Å². The van der Waals surface area contributed by atoms with Crippen LogP contribution >= 0.6 is 0 Å². The number of hydrogen-bond donors (Lipinski definition) is 1. The lowest BCUT2D eigenvalue weighted by Crippen LogP contribution is -2.47. The molecule has 1 N–H and O–H groups in total. The highest BCUT2D eigenvalue weighted by molar-refractivity contribution is 5.78. The van der Waals surface area contributed by atoms with Crippen LogP contribution in [-0.4, -0.2) is 18.1 Å². The van der Waals surface area contributed by atoms with E-state index in [1.807, 2.05) is 24.3 Å². The second-order valence-corrected chi connectivity index (χ2v) is 8.02. The van der Waals surface area contributed by atoms with E-state index in [9.17, 15) is 18.0 Å². The highest BCUT2D eigenvalue weighted by atomic mass is 19.4. The van der Waals surface area contributed by atoms with Gasteiger partial charge in [-0.15, -0.1) is 0 Å². The number of para-hydroxylation sites is 1. The predicted molar refractivity (Wildman–Crippen MR) is 105 cm³/mol. The topological polar surface area (TPSA) is 47.6 Å². The van der Waals surface area contributed by atoms with E-state index in [0.29, 0.717) is 6.42 Å². The van der Waals surface area contributed by atoms with E-state index in [1.54, 1.807) is 0 Å². The van der Waals surface area contributed by atoms with Gasteiger partial charge in [-0.1, -0.05) is 30.7 Å². The van der Waals surface area contributed by atoms with E-state index < -0.39 is 11.7 Å². The molecule has 1 spiro atoms. The molecule has 2 aliphatic rings. The van der Waals surface area contributed by atoms with Crippen LogP contribution in [0.1, 0.15) is 55.7 Å². The zero-order valence-corrected chi connectivity index (χ0v) is 16.5. The fraction of sp³-hybridized carbons (Fsp3) is 0.435. The van der Waals surface area contributed by atoms with Crippen molar-refractivity contribution in [2.24, 2.45) is 0 Å². The predicted octanol–water partition coefficient (Wildman–Crippen LogP) is 5.43. The van der Waals surface area contributed by atoms with Crippen LogP contribution in [0.2, 0.25) is 0 Å². The van der Waals surface area contributed by atoms with Gasteiger partial charge in [0.2, 0.25) is 0 Å². The lowest BCUT2D eigenvalue weighted by atomic mass is 9.77. The number of halogens is 3. The Morgan fingerprint density at radius 1 is 1.10 bits per heavy atom. The number of ether oxygens (including phenoxy) is 2. The highest BCUT2D eigenvalue weighted by Gasteiger charge is 2.42. The molecule has 160 valence electrons. The Morgan fingerprint density at radius 2 is 1.87 bits per heavy atom. The first kappa shape index (κ1) is 20.6. The first-order valence-electron chi connectivity index (χ1n) is 10.2. The molecule has 2 aromatic rings. The molecule has 0 aromatic heterocycles. The summed E-state index contributed by atoms with van der Waals surface area (Å²) in [5.74, 6) is 0.422. The summed E-state index contributed by atoms with van der Waals surface area (Å²) >= 11 is 0. The summed E-state index contributed by atoms with van der Waals surface area (Å²) in [6.07, 6.45) is 1.52. The number of rotatable bonds is 4. The monoisotopic (exact) mass is 419 g/mol. The molecule has 0 bridgehead atoms. The quantitative estimate of drug-likeness (QED) is 0.719. The molecule has 1 atom stereocenters. The van der Waals surface area contributed by atoms with E-state index in [0.717, 1.165) is 49.1 Å². The van der Waals surface area contributed by atoms with Crippen molar-refractivity contribution in [1.82, 2.24) is 5.32 Å². The molecule has 1 aliphatic carbocycles. The van der Waals surface area contributed by atoms with Crippen LogP contribution < -0.4 is 14.8 Å². The van der Waals surface area contributed by atoms with E-state index >= 15 is 0 Å². The van der Waals surface area contributed by atoms with Crippen molar-refractivity contribution in [1.29, 1.82) is 0 Å². The third kappa shape index (κ3) is 4.55. The number of fused-ring (bicyclic) bond motifs is 1. The molecule has 1 fully saturated rings. The third-order valence-corrected chi connectivity index (χ3v) is 5.83. The van der Waals surface area contributed by atoms with Gasteiger partial charge in [-0.2, -0.15) is 13.2 Å². The summed E-state index contributed by atoms with van der Waals surface area (Å²) in [4.78, 5) is 12.5. The van der Waals surface area contributed by atoms with Crippen molar-refractivity contribution >= 4 is 5.91 Å². The summed E-state index contributed by atoms with van der Waals surface area (Å²) < 4.78 is 50.2. The van der Waals surface area contributed by atoms with Gasteiger partial charge in [0.15, 0.2) is 6.61 Å². The zero-order valence-electron chi connectivity index (χ0n) is 16.5. The molecule has 2 aromatic carbocycles. The Morgan fingerprint density at radius 3 is 2.63 bits per heavy atom. The van der Waals surface area contributed by atoms with Crippen molar-refractivity contribution < 1.29 is 27.4 Å². The summed E-state index contributed by atoms with van der Waals surface area (Å²) in [7, 11) is 0. The second kappa shape index (κ2) is 8.20. The summed E-state index contributed by atoms with van der Waals surface area (Å²) in [5.41, 5.74) is -0.161. The Balaban J connectivity index is 1.43.